The van der Waals surface area contributed by atoms with Gasteiger partial charge in [0.05, 0.1) is 18.3 Å². The molecule has 1 aromatic heterocycles. The lowest BCUT2D eigenvalue weighted by molar-refractivity contribution is 0.0864. The van der Waals surface area contributed by atoms with Gasteiger partial charge in [0, 0.05) is 27.4 Å². The molecule has 4 rings (SSSR count). The molecule has 5 nitrogen and oxygen atoms in total. The number of rotatable bonds is 3. The molecule has 1 aliphatic heterocycles. The zero-order valence-corrected chi connectivity index (χ0v) is 16.4. The van der Waals surface area contributed by atoms with Crippen molar-refractivity contribution in [1.29, 1.82) is 0 Å². The van der Waals surface area contributed by atoms with Crippen LogP contribution in [0.25, 0.3) is 11.1 Å². The number of fused-ring (bicyclic) bond motifs is 1. The van der Waals surface area contributed by atoms with Crippen molar-refractivity contribution in [2.45, 2.75) is 11.4 Å². The summed E-state index contributed by atoms with van der Waals surface area (Å²) in [5, 5.41) is 0.829. The highest BCUT2D eigenvalue weighted by Crippen LogP contribution is 2.37. The van der Waals surface area contributed by atoms with Gasteiger partial charge in [0.2, 0.25) is 0 Å². The Morgan fingerprint density at radius 1 is 1.04 bits per heavy atom. The molecule has 0 aliphatic carbocycles. The second-order valence-electron chi connectivity index (χ2n) is 6.12. The van der Waals surface area contributed by atoms with Crippen LogP contribution in [0.1, 0.15) is 15.9 Å². The van der Waals surface area contributed by atoms with Crippen LogP contribution in [0.5, 0.6) is 0 Å². The number of pyridine rings is 1. The molecule has 0 saturated carbocycles. The highest BCUT2D eigenvalue weighted by molar-refractivity contribution is 7.90. The summed E-state index contributed by atoms with van der Waals surface area (Å²) in [5.41, 5.74) is 1.25. The minimum Gasteiger partial charge on any atom is -0.268 e. The quantitative estimate of drug-likeness (QED) is 0.604. The van der Waals surface area contributed by atoms with Crippen molar-refractivity contribution in [3.05, 3.63) is 81.8 Å². The van der Waals surface area contributed by atoms with E-state index < -0.39 is 28.3 Å². The SMILES string of the molecule is O=C1c2cc(-c3ccc(Cl)cc3Cl)ccc2S(=O)(=O)N1Cc1ccncc1F. The molecule has 0 N–H and O–H groups in total. The highest BCUT2D eigenvalue weighted by Gasteiger charge is 2.41. The second kappa shape index (κ2) is 6.84. The number of sulfonamides is 1. The van der Waals surface area contributed by atoms with Crippen LogP contribution in [-0.2, 0) is 16.6 Å². The first-order valence-corrected chi connectivity index (χ1v) is 10.2. The summed E-state index contributed by atoms with van der Waals surface area (Å²) in [4.78, 5) is 16.3. The average Bonchev–Trinajstić information content (AvgIpc) is 2.84. The molecule has 0 spiro atoms. The number of carbonyl (C=O) groups excluding carboxylic acids is 1. The maximum atomic E-state index is 13.9. The molecule has 142 valence electrons. The van der Waals surface area contributed by atoms with Crippen LogP contribution in [-0.4, -0.2) is 23.6 Å². The monoisotopic (exact) mass is 436 g/mol. The lowest BCUT2D eigenvalue weighted by Crippen LogP contribution is -2.29. The van der Waals surface area contributed by atoms with Gasteiger partial charge < -0.3 is 0 Å². The standard InChI is InChI=1S/C19H11Cl2FN2O3S/c20-13-2-3-14(16(21)8-13)11-1-4-18-15(7-11)19(25)24(28(18,26)27)10-12-5-6-23-9-17(12)22/h1-9H,10H2. The zero-order chi connectivity index (χ0) is 20.1. The molecule has 0 unspecified atom stereocenters. The highest BCUT2D eigenvalue weighted by atomic mass is 35.5. The van der Waals surface area contributed by atoms with Crippen molar-refractivity contribution in [3.63, 3.8) is 0 Å². The number of nitrogens with zero attached hydrogens (tertiary/aromatic N) is 2. The van der Waals surface area contributed by atoms with Gasteiger partial charge in [-0.15, -0.1) is 0 Å². The molecule has 0 radical (unpaired) electrons. The topological polar surface area (TPSA) is 67.3 Å². The van der Waals surface area contributed by atoms with Gasteiger partial charge >= 0.3 is 0 Å². The Kier molecular flexibility index (Phi) is 4.61. The normalized spacial score (nSPS) is 15.0. The summed E-state index contributed by atoms with van der Waals surface area (Å²) in [5.74, 6) is -1.41. The number of carbonyl (C=O) groups is 1. The van der Waals surface area contributed by atoms with E-state index in [4.69, 9.17) is 23.2 Å². The molecular formula is C19H11Cl2FN2O3S. The summed E-state index contributed by atoms with van der Waals surface area (Å²) < 4.78 is 40.1. The van der Waals surface area contributed by atoms with Gasteiger partial charge in [0.1, 0.15) is 10.7 Å². The maximum Gasteiger partial charge on any atom is 0.269 e. The van der Waals surface area contributed by atoms with Crippen molar-refractivity contribution < 1.29 is 17.6 Å². The molecule has 0 saturated heterocycles. The predicted molar refractivity (Wildman–Crippen MR) is 103 cm³/mol. The van der Waals surface area contributed by atoms with E-state index in [9.17, 15) is 17.6 Å². The third-order valence-corrected chi connectivity index (χ3v) is 6.75. The Bertz CT molecular complexity index is 1230. The van der Waals surface area contributed by atoms with Crippen molar-refractivity contribution in [2.75, 3.05) is 0 Å². The van der Waals surface area contributed by atoms with Gasteiger partial charge in [-0.2, -0.15) is 0 Å². The van der Waals surface area contributed by atoms with E-state index in [1.54, 1.807) is 24.3 Å². The van der Waals surface area contributed by atoms with Gasteiger partial charge in [-0.05, 0) is 35.9 Å². The van der Waals surface area contributed by atoms with Crippen LogP contribution < -0.4 is 0 Å². The average molecular weight is 437 g/mol. The van der Waals surface area contributed by atoms with Crippen LogP contribution in [0.3, 0.4) is 0 Å². The third kappa shape index (κ3) is 3.05. The number of benzene rings is 2. The largest absolute Gasteiger partial charge is 0.269 e. The molecule has 0 atom stereocenters. The van der Waals surface area contributed by atoms with Gasteiger partial charge in [-0.3, -0.25) is 9.78 Å². The van der Waals surface area contributed by atoms with Crippen LogP contribution in [0.2, 0.25) is 10.0 Å². The zero-order valence-electron chi connectivity index (χ0n) is 14.1. The van der Waals surface area contributed by atoms with Crippen LogP contribution >= 0.6 is 23.2 Å². The summed E-state index contributed by atoms with van der Waals surface area (Å²) in [6.07, 6.45) is 2.30. The maximum absolute atomic E-state index is 13.9. The van der Waals surface area contributed by atoms with E-state index >= 15 is 0 Å². The molecule has 28 heavy (non-hydrogen) atoms. The molecule has 0 fully saturated rings. The minimum atomic E-state index is -4.08. The molecule has 0 bridgehead atoms. The summed E-state index contributed by atoms with van der Waals surface area (Å²) in [6, 6.07) is 10.6. The molecule has 3 aromatic rings. The lowest BCUT2D eigenvalue weighted by atomic mass is 10.0. The van der Waals surface area contributed by atoms with Gasteiger partial charge in [-0.25, -0.2) is 17.1 Å². The molecule has 1 aliphatic rings. The van der Waals surface area contributed by atoms with Crippen LogP contribution in [0.4, 0.5) is 4.39 Å². The second-order valence-corrected chi connectivity index (χ2v) is 8.79. The Morgan fingerprint density at radius 2 is 1.82 bits per heavy atom. The van der Waals surface area contributed by atoms with E-state index in [2.05, 4.69) is 4.98 Å². The fraction of sp³-hybridized carbons (Fsp3) is 0.0526. The Morgan fingerprint density at radius 3 is 2.54 bits per heavy atom. The van der Waals surface area contributed by atoms with E-state index in [-0.39, 0.29) is 16.0 Å². The summed E-state index contributed by atoms with van der Waals surface area (Å²) in [7, 11) is -4.08. The number of amides is 1. The molecule has 2 heterocycles. The lowest BCUT2D eigenvalue weighted by Gasteiger charge is -2.15. The Hall–Kier alpha value is -2.48. The van der Waals surface area contributed by atoms with E-state index in [1.165, 1.54) is 24.4 Å². The van der Waals surface area contributed by atoms with Crippen molar-refractivity contribution >= 4 is 39.1 Å². The van der Waals surface area contributed by atoms with Crippen LogP contribution in [0.15, 0.2) is 59.8 Å². The number of hydrogen-bond acceptors (Lipinski definition) is 4. The van der Waals surface area contributed by atoms with E-state index in [1.807, 2.05) is 0 Å². The summed E-state index contributed by atoms with van der Waals surface area (Å²) in [6.45, 7) is -0.415. The van der Waals surface area contributed by atoms with E-state index in [0.29, 0.717) is 25.5 Å². The third-order valence-electron chi connectivity index (χ3n) is 4.42. The predicted octanol–water partition coefficient (Wildman–Crippen LogP) is 4.54. The van der Waals surface area contributed by atoms with E-state index in [0.717, 1.165) is 6.20 Å². The first kappa shape index (κ1) is 18.9. The number of aromatic nitrogens is 1. The van der Waals surface area contributed by atoms with Gasteiger partial charge in [0.15, 0.2) is 0 Å². The number of hydrogen-bond donors (Lipinski definition) is 0. The molecule has 1 amide bonds. The smallest absolute Gasteiger partial charge is 0.268 e. The van der Waals surface area contributed by atoms with Crippen molar-refractivity contribution in [3.8, 4) is 11.1 Å². The fourth-order valence-electron chi connectivity index (χ4n) is 3.02. The molecular weight excluding hydrogens is 426 g/mol. The summed E-state index contributed by atoms with van der Waals surface area (Å²) >= 11 is 12.1. The van der Waals surface area contributed by atoms with Crippen LogP contribution in [0, 0.1) is 5.82 Å². The molecule has 2 aromatic carbocycles. The molecule has 9 heteroatoms. The number of halogens is 3. The fourth-order valence-corrected chi connectivity index (χ4v) is 5.06. The van der Waals surface area contributed by atoms with Gasteiger partial charge in [-0.1, -0.05) is 35.3 Å². The minimum absolute atomic E-state index is 0.0120. The van der Waals surface area contributed by atoms with Crippen molar-refractivity contribution in [1.82, 2.24) is 9.29 Å². The Balaban J connectivity index is 1.77. The first-order chi connectivity index (χ1) is 13.3. The van der Waals surface area contributed by atoms with Gasteiger partial charge in [0.25, 0.3) is 15.9 Å². The van der Waals surface area contributed by atoms with Crippen molar-refractivity contribution in [2.24, 2.45) is 0 Å². The Labute approximate surface area is 170 Å². The first-order valence-electron chi connectivity index (χ1n) is 8.04.